The highest BCUT2D eigenvalue weighted by Crippen LogP contribution is 2.31. The number of carbonyl (C=O) groups excluding carboxylic acids is 1. The van der Waals surface area contributed by atoms with Gasteiger partial charge in [-0.15, -0.1) is 0 Å². The van der Waals surface area contributed by atoms with E-state index in [2.05, 4.69) is 26.1 Å². The van der Waals surface area contributed by atoms with Crippen LogP contribution in [0, 0.1) is 11.3 Å². The Morgan fingerprint density at radius 1 is 1.00 bits per heavy atom. The molecule has 0 aliphatic heterocycles. The summed E-state index contributed by atoms with van der Waals surface area (Å²) in [5.41, 5.74) is -0.247. The highest BCUT2D eigenvalue weighted by Gasteiger charge is 2.37. The molecule has 1 aliphatic rings. The molecule has 0 aromatic heterocycles. The average Bonchev–Trinajstić information content (AvgIpc) is 2.24. The van der Waals surface area contributed by atoms with Crippen molar-refractivity contribution in [3.63, 3.8) is 0 Å². The minimum Gasteiger partial charge on any atom is -0.302 e. The zero-order valence-electron chi connectivity index (χ0n) is 13.1. The summed E-state index contributed by atoms with van der Waals surface area (Å²) in [6.07, 6.45) is 6.31. The summed E-state index contributed by atoms with van der Waals surface area (Å²) < 4.78 is 0. The van der Waals surface area contributed by atoms with Crippen LogP contribution in [0.3, 0.4) is 0 Å². The summed E-state index contributed by atoms with van der Waals surface area (Å²) in [7, 11) is 0. The Balaban J connectivity index is 2.83. The van der Waals surface area contributed by atoms with Crippen molar-refractivity contribution in [1.82, 2.24) is 5.32 Å². The molecular formula is C16H31NO. The Hall–Kier alpha value is -0.370. The van der Waals surface area contributed by atoms with E-state index < -0.39 is 0 Å². The van der Waals surface area contributed by atoms with Gasteiger partial charge in [0.1, 0.15) is 0 Å². The molecule has 1 unspecified atom stereocenters. The van der Waals surface area contributed by atoms with Crippen LogP contribution in [0.5, 0.6) is 0 Å². The highest BCUT2D eigenvalue weighted by molar-refractivity contribution is 5.89. The van der Waals surface area contributed by atoms with E-state index in [9.17, 15) is 4.79 Å². The molecule has 1 atom stereocenters. The van der Waals surface area contributed by atoms with Gasteiger partial charge in [0.05, 0.1) is 6.04 Å². The summed E-state index contributed by atoms with van der Waals surface area (Å²) in [6, 6.07) is 0.0327. The smallest absolute Gasteiger partial charge is 0.155 e. The molecule has 0 radical (unpaired) electrons. The highest BCUT2D eigenvalue weighted by atomic mass is 16.1. The van der Waals surface area contributed by atoms with Crippen LogP contribution in [0.4, 0.5) is 0 Å². The van der Waals surface area contributed by atoms with E-state index >= 15 is 0 Å². The van der Waals surface area contributed by atoms with Crippen LogP contribution in [0.25, 0.3) is 0 Å². The van der Waals surface area contributed by atoms with E-state index in [4.69, 9.17) is 0 Å². The minimum atomic E-state index is -0.250. The number of carbonyl (C=O) groups is 1. The third-order valence-electron chi connectivity index (χ3n) is 3.73. The molecule has 1 fully saturated rings. The molecule has 1 N–H and O–H groups in total. The quantitative estimate of drug-likeness (QED) is 0.825. The lowest BCUT2D eigenvalue weighted by Crippen LogP contribution is -2.54. The molecule has 18 heavy (non-hydrogen) atoms. The summed E-state index contributed by atoms with van der Waals surface area (Å²) in [5, 5.41) is 3.58. The van der Waals surface area contributed by atoms with E-state index in [0.29, 0.717) is 11.7 Å². The fraction of sp³-hybridized carbons (Fsp3) is 0.938. The third kappa shape index (κ3) is 4.72. The van der Waals surface area contributed by atoms with Gasteiger partial charge in [-0.05, 0) is 39.5 Å². The van der Waals surface area contributed by atoms with Gasteiger partial charge in [-0.3, -0.25) is 4.79 Å². The Morgan fingerprint density at radius 3 is 1.89 bits per heavy atom. The second-order valence-corrected chi connectivity index (χ2v) is 7.88. The molecule has 2 heteroatoms. The SMILES string of the molecule is CC(C)(C)NC(C(=O)C(C)(C)C)C1CCCCC1. The first-order valence-corrected chi connectivity index (χ1v) is 7.43. The van der Waals surface area contributed by atoms with Crippen LogP contribution >= 0.6 is 0 Å². The van der Waals surface area contributed by atoms with Gasteiger partial charge in [-0.25, -0.2) is 0 Å². The first-order valence-electron chi connectivity index (χ1n) is 7.43. The molecule has 0 aromatic rings. The van der Waals surface area contributed by atoms with Gasteiger partial charge in [0.15, 0.2) is 5.78 Å². The number of hydrogen-bond donors (Lipinski definition) is 1. The van der Waals surface area contributed by atoms with Crippen LogP contribution in [0.1, 0.15) is 73.6 Å². The fourth-order valence-electron chi connectivity index (χ4n) is 2.80. The van der Waals surface area contributed by atoms with Crippen molar-refractivity contribution < 1.29 is 4.79 Å². The molecule has 0 saturated heterocycles. The third-order valence-corrected chi connectivity index (χ3v) is 3.73. The number of Topliss-reactive ketones (excluding diaryl/α,β-unsaturated/α-hetero) is 1. The number of rotatable bonds is 3. The van der Waals surface area contributed by atoms with E-state index in [1.165, 1.54) is 32.1 Å². The van der Waals surface area contributed by atoms with Crippen LogP contribution in [-0.2, 0) is 4.79 Å². The molecule has 0 heterocycles. The first-order chi connectivity index (χ1) is 8.11. The van der Waals surface area contributed by atoms with Gasteiger partial charge in [-0.2, -0.15) is 0 Å². The van der Waals surface area contributed by atoms with Crippen molar-refractivity contribution in [3.05, 3.63) is 0 Å². The Kier molecular flexibility index (Phi) is 4.99. The second-order valence-electron chi connectivity index (χ2n) is 7.88. The molecular weight excluding hydrogens is 222 g/mol. The lowest BCUT2D eigenvalue weighted by atomic mass is 9.75. The second kappa shape index (κ2) is 5.73. The maximum absolute atomic E-state index is 12.7. The molecule has 0 aromatic carbocycles. The van der Waals surface area contributed by atoms with Gasteiger partial charge in [0, 0.05) is 11.0 Å². The lowest BCUT2D eigenvalue weighted by molar-refractivity contribution is -0.130. The largest absolute Gasteiger partial charge is 0.302 e. The number of hydrogen-bond acceptors (Lipinski definition) is 2. The molecule has 1 rings (SSSR count). The van der Waals surface area contributed by atoms with Gasteiger partial charge < -0.3 is 5.32 Å². The van der Waals surface area contributed by atoms with Crippen molar-refractivity contribution >= 4 is 5.78 Å². The van der Waals surface area contributed by atoms with Gasteiger partial charge in [-0.1, -0.05) is 40.0 Å². The molecule has 2 nitrogen and oxygen atoms in total. The Morgan fingerprint density at radius 2 is 1.50 bits per heavy atom. The maximum atomic E-state index is 12.7. The fourth-order valence-corrected chi connectivity index (χ4v) is 2.80. The first kappa shape index (κ1) is 15.7. The summed E-state index contributed by atoms with van der Waals surface area (Å²) >= 11 is 0. The number of ketones is 1. The maximum Gasteiger partial charge on any atom is 0.155 e. The van der Waals surface area contributed by atoms with Crippen LogP contribution in [0.2, 0.25) is 0 Å². The van der Waals surface area contributed by atoms with Gasteiger partial charge in [0.2, 0.25) is 0 Å². The summed E-state index contributed by atoms with van der Waals surface area (Å²) in [6.45, 7) is 12.6. The van der Waals surface area contributed by atoms with Crippen LogP contribution in [0.15, 0.2) is 0 Å². The van der Waals surface area contributed by atoms with E-state index in [1.54, 1.807) is 0 Å². The average molecular weight is 253 g/mol. The lowest BCUT2D eigenvalue weighted by Gasteiger charge is -2.38. The zero-order chi connectivity index (χ0) is 14.0. The van der Waals surface area contributed by atoms with Crippen molar-refractivity contribution in [1.29, 1.82) is 0 Å². The molecule has 0 amide bonds. The van der Waals surface area contributed by atoms with Crippen molar-refractivity contribution in [2.24, 2.45) is 11.3 Å². The predicted octanol–water partition coefficient (Wildman–Crippen LogP) is 3.94. The summed E-state index contributed by atoms with van der Waals surface area (Å²) in [5.74, 6) is 0.911. The van der Waals surface area contributed by atoms with Gasteiger partial charge in [0.25, 0.3) is 0 Å². The van der Waals surface area contributed by atoms with E-state index in [0.717, 1.165) is 0 Å². The predicted molar refractivity (Wildman–Crippen MR) is 77.7 cm³/mol. The molecule has 1 aliphatic carbocycles. The van der Waals surface area contributed by atoms with Gasteiger partial charge >= 0.3 is 0 Å². The van der Waals surface area contributed by atoms with E-state index in [-0.39, 0.29) is 17.0 Å². The molecule has 106 valence electrons. The molecule has 0 bridgehead atoms. The monoisotopic (exact) mass is 253 g/mol. The zero-order valence-corrected chi connectivity index (χ0v) is 13.1. The molecule has 1 saturated carbocycles. The minimum absolute atomic E-state index is 0.00300. The number of nitrogens with one attached hydrogen (secondary N) is 1. The Bertz CT molecular complexity index is 276. The van der Waals surface area contributed by atoms with Crippen molar-refractivity contribution in [2.75, 3.05) is 0 Å². The van der Waals surface area contributed by atoms with Crippen molar-refractivity contribution in [2.45, 2.75) is 85.2 Å². The van der Waals surface area contributed by atoms with Crippen molar-refractivity contribution in [3.8, 4) is 0 Å². The topological polar surface area (TPSA) is 29.1 Å². The van der Waals surface area contributed by atoms with E-state index in [1.807, 2.05) is 20.8 Å². The van der Waals surface area contributed by atoms with Crippen LogP contribution < -0.4 is 5.32 Å². The van der Waals surface area contributed by atoms with Crippen LogP contribution in [-0.4, -0.2) is 17.4 Å². The molecule has 0 spiro atoms. The normalized spacial score (nSPS) is 20.8. The standard InChI is InChI=1S/C16H31NO/c1-15(2,3)14(18)13(17-16(4,5)6)12-10-8-7-9-11-12/h12-13,17H,7-11H2,1-6H3. The Labute approximate surface area is 113 Å². The summed E-state index contributed by atoms with van der Waals surface area (Å²) in [4.78, 5) is 12.7.